The molecule has 0 aromatic carbocycles. The molecule has 6 fully saturated rings. The molecule has 10 rings (SSSR count). The number of aromatic nitrogens is 4. The van der Waals surface area contributed by atoms with Crippen LogP contribution in [0.3, 0.4) is 0 Å². The van der Waals surface area contributed by atoms with Gasteiger partial charge in [-0.15, -0.1) is 0 Å². The summed E-state index contributed by atoms with van der Waals surface area (Å²) in [6.07, 6.45) is 19.2. The highest BCUT2D eigenvalue weighted by molar-refractivity contribution is 7.91. The summed E-state index contributed by atoms with van der Waals surface area (Å²) in [4.78, 5) is 52.3. The van der Waals surface area contributed by atoms with Crippen molar-refractivity contribution in [1.29, 1.82) is 0 Å². The molecular weight excluding hydrogens is 861 g/mol. The predicted octanol–water partition coefficient (Wildman–Crippen LogP) is 3.57. The standard InChI is InChI=1S/C14H20N4O.C12H16N4O2.C10H15N3O2S.C10H15N3/c1-10-7-16-8-12(15)14(10)17-5-6-18-11(9-17)3-2-4-13(18)19;1-8-4-14-5-10(13)11(8)15-2-3-16-9(6-15)7-18-12(16)17;1-8-6-12-7-9(11)10(8)13-2-4-16(14,15)5-3-13;1-8-6-12-7-9(11)10(8)13-4-2-3-5-13/h7-8,11H,2-6,9,15H2,1H3;4-5,9H,2-3,6-7,13H2,1H3;6-7H,2-5,11H2,1H3;6-7H,2-5,11H2,1H3/t;9-;;/m.1../s1. The van der Waals surface area contributed by atoms with Crippen molar-refractivity contribution in [3.63, 3.8) is 0 Å². The second kappa shape index (κ2) is 20.9. The summed E-state index contributed by atoms with van der Waals surface area (Å²) in [6.45, 7) is 16.6. The van der Waals surface area contributed by atoms with Gasteiger partial charge in [-0.25, -0.2) is 13.2 Å². The van der Waals surface area contributed by atoms with Crippen LogP contribution in [0.1, 0.15) is 54.4 Å². The molecule has 4 aromatic rings. The van der Waals surface area contributed by atoms with Crippen molar-refractivity contribution in [3.05, 3.63) is 71.8 Å². The highest BCUT2D eigenvalue weighted by Gasteiger charge is 2.38. The molecule has 6 aliphatic rings. The molecule has 0 saturated carbocycles. The summed E-state index contributed by atoms with van der Waals surface area (Å²) < 4.78 is 27.7. The molecule has 2 atom stereocenters. The molecular formula is C46H66N14O5S. The van der Waals surface area contributed by atoms with Crippen LogP contribution in [0.4, 0.5) is 50.3 Å². The van der Waals surface area contributed by atoms with Gasteiger partial charge in [0, 0.05) is 103 Å². The fourth-order valence-electron chi connectivity index (χ4n) is 9.88. The Kier molecular flexibility index (Phi) is 15.1. The van der Waals surface area contributed by atoms with Crippen LogP contribution in [-0.2, 0) is 19.4 Å². The van der Waals surface area contributed by atoms with Gasteiger partial charge in [0.15, 0.2) is 9.84 Å². The Morgan fingerprint density at radius 1 is 0.515 bits per heavy atom. The van der Waals surface area contributed by atoms with E-state index in [9.17, 15) is 18.0 Å². The minimum absolute atomic E-state index is 0.137. The number of pyridine rings is 4. The monoisotopic (exact) mass is 927 g/mol. The van der Waals surface area contributed by atoms with Crippen LogP contribution in [0.2, 0.25) is 0 Å². The predicted molar refractivity (Wildman–Crippen MR) is 261 cm³/mol. The first-order chi connectivity index (χ1) is 31.6. The third-order valence-corrected chi connectivity index (χ3v) is 14.7. The number of hydrogen-bond donors (Lipinski definition) is 4. The van der Waals surface area contributed by atoms with Crippen LogP contribution in [0.5, 0.6) is 0 Å². The topological polar surface area (TPSA) is 253 Å². The van der Waals surface area contributed by atoms with Crippen molar-refractivity contribution >= 4 is 67.3 Å². The Balaban J connectivity index is 0.000000132. The number of fused-ring (bicyclic) bond motifs is 2. The summed E-state index contributed by atoms with van der Waals surface area (Å²) in [6, 6.07) is 0.486. The second-order valence-corrected chi connectivity index (χ2v) is 20.2. The summed E-state index contributed by atoms with van der Waals surface area (Å²) in [5, 5.41) is 0. The average Bonchev–Trinajstić information content (AvgIpc) is 3.95. The van der Waals surface area contributed by atoms with Crippen molar-refractivity contribution < 1.29 is 22.7 Å². The van der Waals surface area contributed by atoms with E-state index >= 15 is 0 Å². The Labute approximate surface area is 388 Å². The zero-order valence-corrected chi connectivity index (χ0v) is 39.5. The number of sulfone groups is 1. The number of piperazine rings is 2. The van der Waals surface area contributed by atoms with Crippen molar-refractivity contribution in [2.24, 2.45) is 0 Å². The first kappa shape index (κ1) is 47.6. The first-order valence-corrected chi connectivity index (χ1v) is 24.7. The van der Waals surface area contributed by atoms with Crippen molar-refractivity contribution in [2.75, 3.05) is 126 Å². The van der Waals surface area contributed by atoms with Gasteiger partial charge in [0.1, 0.15) is 6.61 Å². The third-order valence-electron chi connectivity index (χ3n) is 13.1. The van der Waals surface area contributed by atoms with Crippen LogP contribution in [0.25, 0.3) is 0 Å². The van der Waals surface area contributed by atoms with Gasteiger partial charge < -0.3 is 52.2 Å². The largest absolute Gasteiger partial charge is 0.447 e. The van der Waals surface area contributed by atoms with E-state index < -0.39 is 9.84 Å². The molecule has 66 heavy (non-hydrogen) atoms. The lowest BCUT2D eigenvalue weighted by Gasteiger charge is -2.45. The van der Waals surface area contributed by atoms with Gasteiger partial charge >= 0.3 is 6.09 Å². The Morgan fingerprint density at radius 2 is 0.924 bits per heavy atom. The highest BCUT2D eigenvalue weighted by Crippen LogP contribution is 2.33. The second-order valence-electron chi connectivity index (χ2n) is 17.9. The number of aryl methyl sites for hydroxylation is 4. The normalized spacial score (nSPS) is 21.0. The Morgan fingerprint density at radius 3 is 1.38 bits per heavy atom. The smallest absolute Gasteiger partial charge is 0.410 e. The molecule has 356 valence electrons. The number of ether oxygens (including phenoxy) is 1. The van der Waals surface area contributed by atoms with Gasteiger partial charge in [0.25, 0.3) is 0 Å². The van der Waals surface area contributed by atoms with Crippen LogP contribution >= 0.6 is 0 Å². The summed E-state index contributed by atoms with van der Waals surface area (Å²) in [5.74, 6) is 0.720. The number of carbonyl (C=O) groups excluding carboxylic acids is 2. The van der Waals surface area contributed by atoms with E-state index in [-0.39, 0.29) is 23.6 Å². The fourth-order valence-corrected chi connectivity index (χ4v) is 11.1. The van der Waals surface area contributed by atoms with E-state index in [0.29, 0.717) is 56.0 Å². The summed E-state index contributed by atoms with van der Waals surface area (Å²) in [7, 11) is -2.85. The van der Waals surface area contributed by atoms with Gasteiger partial charge in [-0.3, -0.25) is 29.6 Å². The van der Waals surface area contributed by atoms with E-state index in [1.165, 1.54) is 24.1 Å². The van der Waals surface area contributed by atoms with E-state index in [0.717, 1.165) is 104 Å². The number of piperidine rings is 1. The SMILES string of the molecule is Cc1cncc(N)c1N1CCCC1.Cc1cncc(N)c1N1CCN2C(=O)CCCC2C1.Cc1cncc(N)c1N1CCN2C(=O)OC[C@H]2C1.Cc1cncc(N)c1N1CCS(=O)(=O)CC1. The number of nitrogens with zero attached hydrogens (tertiary/aromatic N) is 10. The molecule has 6 aliphatic heterocycles. The average molecular weight is 927 g/mol. The van der Waals surface area contributed by atoms with Gasteiger partial charge in [-0.1, -0.05) is 0 Å². The van der Waals surface area contributed by atoms with Crippen LogP contribution in [0, 0.1) is 27.7 Å². The molecule has 6 saturated heterocycles. The van der Waals surface area contributed by atoms with Crippen molar-refractivity contribution in [1.82, 2.24) is 29.7 Å². The number of nitrogens with two attached hydrogens (primary N) is 4. The quantitative estimate of drug-likeness (QED) is 0.228. The third kappa shape index (κ3) is 11.0. The lowest BCUT2D eigenvalue weighted by molar-refractivity contribution is -0.136. The highest BCUT2D eigenvalue weighted by atomic mass is 32.2. The zero-order chi connectivity index (χ0) is 47.1. The molecule has 19 nitrogen and oxygen atoms in total. The first-order valence-electron chi connectivity index (χ1n) is 22.8. The van der Waals surface area contributed by atoms with Gasteiger partial charge in [0.05, 0.1) is 87.8 Å². The van der Waals surface area contributed by atoms with E-state index in [1.807, 2.05) is 49.2 Å². The molecule has 20 heteroatoms. The van der Waals surface area contributed by atoms with E-state index in [1.54, 1.807) is 35.9 Å². The maximum Gasteiger partial charge on any atom is 0.410 e. The summed E-state index contributed by atoms with van der Waals surface area (Å²) >= 11 is 0. The number of amides is 2. The zero-order valence-electron chi connectivity index (χ0n) is 38.7. The number of carbonyl (C=O) groups is 2. The van der Waals surface area contributed by atoms with E-state index in [4.69, 9.17) is 27.7 Å². The molecule has 0 aliphatic carbocycles. The van der Waals surface area contributed by atoms with Crippen molar-refractivity contribution in [2.45, 2.75) is 71.9 Å². The maximum atomic E-state index is 11.9. The summed E-state index contributed by atoms with van der Waals surface area (Å²) in [5.41, 5.74) is 35.2. The Bertz CT molecular complexity index is 2370. The number of nitrogen functional groups attached to an aromatic ring is 4. The molecule has 4 aromatic heterocycles. The molecule has 8 N–H and O–H groups in total. The number of anilines is 8. The van der Waals surface area contributed by atoms with Crippen LogP contribution < -0.4 is 42.5 Å². The molecule has 0 spiro atoms. The molecule has 1 unspecified atom stereocenters. The van der Waals surface area contributed by atoms with Gasteiger partial charge in [-0.2, -0.15) is 0 Å². The van der Waals surface area contributed by atoms with Gasteiger partial charge in [0.2, 0.25) is 5.91 Å². The Hall–Kier alpha value is -6.31. The van der Waals surface area contributed by atoms with Crippen LogP contribution in [-0.4, -0.2) is 146 Å². The minimum atomic E-state index is -2.85. The van der Waals surface area contributed by atoms with E-state index in [2.05, 4.69) is 41.6 Å². The van der Waals surface area contributed by atoms with Gasteiger partial charge in [-0.05, 0) is 75.6 Å². The number of hydrogen-bond acceptors (Lipinski definition) is 17. The molecule has 0 bridgehead atoms. The molecule has 2 amide bonds. The fraction of sp³-hybridized carbons (Fsp3) is 0.522. The van der Waals surface area contributed by atoms with Crippen molar-refractivity contribution in [3.8, 4) is 0 Å². The number of cyclic esters (lactones) is 1. The minimum Gasteiger partial charge on any atom is -0.447 e. The lowest BCUT2D eigenvalue weighted by atomic mass is 9.98. The van der Waals surface area contributed by atoms with Crippen LogP contribution in [0.15, 0.2) is 49.6 Å². The molecule has 10 heterocycles. The number of rotatable bonds is 4. The lowest BCUT2D eigenvalue weighted by Crippen LogP contribution is -2.57. The maximum absolute atomic E-state index is 11.9. The molecule has 0 radical (unpaired) electrons.